The minimum absolute atomic E-state index is 0.0349. The third-order valence-electron chi connectivity index (χ3n) is 5.20. The quantitative estimate of drug-likeness (QED) is 0.499. The molecule has 3 aromatic rings. The molecule has 0 saturated carbocycles. The molecule has 1 unspecified atom stereocenters. The Morgan fingerprint density at radius 3 is 2.47 bits per heavy atom. The normalized spacial score (nSPS) is 13.6. The molecule has 0 bridgehead atoms. The van der Waals surface area contributed by atoms with Crippen molar-refractivity contribution in [2.24, 2.45) is 7.05 Å². The molecule has 0 fully saturated rings. The lowest BCUT2D eigenvalue weighted by atomic mass is 10.1. The summed E-state index contributed by atoms with van der Waals surface area (Å²) >= 11 is 1.25. The maximum Gasteiger partial charge on any atom is 0.265 e. The molecule has 3 amide bonds. The number of hydrogen-bond donors (Lipinski definition) is 2. The van der Waals surface area contributed by atoms with E-state index in [0.29, 0.717) is 33.8 Å². The highest BCUT2D eigenvalue weighted by atomic mass is 32.2. The molecule has 10 nitrogen and oxygen atoms in total. The van der Waals surface area contributed by atoms with Crippen LogP contribution in [-0.2, 0) is 21.4 Å². The number of carbonyl (C=O) groups is 3. The van der Waals surface area contributed by atoms with Crippen LogP contribution in [-0.4, -0.2) is 44.8 Å². The minimum atomic E-state index is -0.375. The maximum atomic E-state index is 12.6. The Hall–Kier alpha value is -3.86. The molecule has 1 aliphatic rings. The number of fused-ring (bicyclic) bond motifs is 1. The van der Waals surface area contributed by atoms with Gasteiger partial charge in [0, 0.05) is 25.3 Å². The number of thioether (sulfide) groups is 1. The first-order valence-electron chi connectivity index (χ1n) is 10.6. The van der Waals surface area contributed by atoms with Crippen molar-refractivity contribution in [2.45, 2.75) is 25.0 Å². The van der Waals surface area contributed by atoms with Gasteiger partial charge in [0.15, 0.2) is 17.6 Å². The lowest BCUT2D eigenvalue weighted by Crippen LogP contribution is -2.41. The molecule has 1 aliphatic heterocycles. The van der Waals surface area contributed by atoms with Crippen molar-refractivity contribution in [1.82, 2.24) is 14.8 Å². The van der Waals surface area contributed by atoms with Gasteiger partial charge in [0.2, 0.25) is 11.8 Å². The summed E-state index contributed by atoms with van der Waals surface area (Å²) in [5.41, 5.74) is 1.96. The Balaban J connectivity index is 1.39. The van der Waals surface area contributed by atoms with Gasteiger partial charge in [0.1, 0.15) is 5.75 Å². The molecule has 0 saturated heterocycles. The standard InChI is InChI=1S/C23H24N6O4S/c1-14(29-18-6-4-5-7-19(18)33-12-21(29)32)22-26-27-23(28(22)3)34-13-20(31)25-17-10-8-16(9-11-17)24-15(2)30/h4-11,14H,12-13H2,1-3H3,(H,24,30)(H,25,31). The monoisotopic (exact) mass is 480 g/mol. The van der Waals surface area contributed by atoms with Gasteiger partial charge >= 0.3 is 0 Å². The SMILES string of the molecule is CC(=O)Nc1ccc(NC(=O)CSc2nnc(C(C)N3C(=O)COc4ccccc43)n2C)cc1. The fraction of sp³-hybridized carbons (Fsp3) is 0.261. The molecule has 0 radical (unpaired) electrons. The second-order valence-electron chi connectivity index (χ2n) is 7.69. The number of ether oxygens (including phenoxy) is 1. The summed E-state index contributed by atoms with van der Waals surface area (Å²) in [6, 6.07) is 13.9. The van der Waals surface area contributed by atoms with E-state index in [-0.39, 0.29) is 36.1 Å². The number of para-hydroxylation sites is 2. The summed E-state index contributed by atoms with van der Waals surface area (Å²) in [7, 11) is 1.81. The zero-order valence-corrected chi connectivity index (χ0v) is 19.8. The average Bonchev–Trinajstić information content (AvgIpc) is 3.18. The Morgan fingerprint density at radius 1 is 1.09 bits per heavy atom. The van der Waals surface area contributed by atoms with Crippen LogP contribution < -0.4 is 20.3 Å². The molecule has 2 heterocycles. The van der Waals surface area contributed by atoms with Crippen LogP contribution in [0.15, 0.2) is 53.7 Å². The van der Waals surface area contributed by atoms with Crippen LogP contribution >= 0.6 is 11.8 Å². The first-order chi connectivity index (χ1) is 16.3. The van der Waals surface area contributed by atoms with Gasteiger partial charge < -0.3 is 19.9 Å². The van der Waals surface area contributed by atoms with Crippen molar-refractivity contribution >= 4 is 46.5 Å². The number of rotatable bonds is 7. The maximum absolute atomic E-state index is 12.6. The van der Waals surface area contributed by atoms with Gasteiger partial charge in [-0.1, -0.05) is 23.9 Å². The number of nitrogens with zero attached hydrogens (tertiary/aromatic N) is 4. The second kappa shape index (κ2) is 9.96. The van der Waals surface area contributed by atoms with Gasteiger partial charge in [0.25, 0.3) is 5.91 Å². The van der Waals surface area contributed by atoms with E-state index in [9.17, 15) is 14.4 Å². The third kappa shape index (κ3) is 5.04. The number of carbonyl (C=O) groups excluding carboxylic acids is 3. The molecular weight excluding hydrogens is 456 g/mol. The van der Waals surface area contributed by atoms with Gasteiger partial charge in [0.05, 0.1) is 17.5 Å². The van der Waals surface area contributed by atoms with Crippen LogP contribution in [0.5, 0.6) is 5.75 Å². The number of nitrogens with one attached hydrogen (secondary N) is 2. The van der Waals surface area contributed by atoms with E-state index >= 15 is 0 Å². The van der Waals surface area contributed by atoms with Crippen LogP contribution in [0, 0.1) is 0 Å². The highest BCUT2D eigenvalue weighted by molar-refractivity contribution is 7.99. The summed E-state index contributed by atoms with van der Waals surface area (Å²) in [6.45, 7) is 3.28. The van der Waals surface area contributed by atoms with E-state index in [4.69, 9.17) is 4.74 Å². The van der Waals surface area contributed by atoms with Gasteiger partial charge in [-0.05, 0) is 43.3 Å². The molecule has 34 heavy (non-hydrogen) atoms. The molecular formula is C23H24N6O4S. The van der Waals surface area contributed by atoms with Gasteiger partial charge in [-0.25, -0.2) is 0 Å². The predicted molar refractivity (Wildman–Crippen MR) is 129 cm³/mol. The van der Waals surface area contributed by atoms with Crippen molar-refractivity contribution in [3.63, 3.8) is 0 Å². The Bertz CT molecular complexity index is 1230. The molecule has 11 heteroatoms. The van der Waals surface area contributed by atoms with Crippen molar-refractivity contribution in [3.05, 3.63) is 54.4 Å². The third-order valence-corrected chi connectivity index (χ3v) is 6.22. The van der Waals surface area contributed by atoms with Crippen molar-refractivity contribution in [3.8, 4) is 5.75 Å². The molecule has 0 spiro atoms. The first-order valence-corrected chi connectivity index (χ1v) is 11.6. The lowest BCUT2D eigenvalue weighted by Gasteiger charge is -2.33. The number of aromatic nitrogens is 3. The summed E-state index contributed by atoms with van der Waals surface area (Å²) in [5.74, 6) is 0.855. The molecule has 2 N–H and O–H groups in total. The van der Waals surface area contributed by atoms with Crippen LogP contribution in [0.2, 0.25) is 0 Å². The summed E-state index contributed by atoms with van der Waals surface area (Å²) < 4.78 is 7.31. The van der Waals surface area contributed by atoms with Crippen molar-refractivity contribution in [1.29, 1.82) is 0 Å². The van der Waals surface area contributed by atoms with E-state index in [1.165, 1.54) is 18.7 Å². The van der Waals surface area contributed by atoms with Crippen LogP contribution in [0.25, 0.3) is 0 Å². The second-order valence-corrected chi connectivity index (χ2v) is 8.63. The fourth-order valence-corrected chi connectivity index (χ4v) is 4.36. The minimum Gasteiger partial charge on any atom is -0.482 e. The van der Waals surface area contributed by atoms with E-state index in [0.717, 1.165) is 0 Å². The molecule has 4 rings (SSSR count). The summed E-state index contributed by atoms with van der Waals surface area (Å²) in [4.78, 5) is 37.8. The molecule has 0 aliphatic carbocycles. The van der Waals surface area contributed by atoms with Gasteiger partial charge in [-0.3, -0.25) is 19.3 Å². The molecule has 176 valence electrons. The van der Waals surface area contributed by atoms with Crippen LogP contribution in [0.4, 0.5) is 17.1 Å². The van der Waals surface area contributed by atoms with E-state index in [1.54, 1.807) is 33.7 Å². The topological polar surface area (TPSA) is 118 Å². The average molecular weight is 481 g/mol. The summed E-state index contributed by atoms with van der Waals surface area (Å²) in [6.07, 6.45) is 0. The highest BCUT2D eigenvalue weighted by Gasteiger charge is 2.32. The van der Waals surface area contributed by atoms with Crippen LogP contribution in [0.3, 0.4) is 0 Å². The van der Waals surface area contributed by atoms with E-state index in [2.05, 4.69) is 20.8 Å². The number of hydrogen-bond acceptors (Lipinski definition) is 7. The Morgan fingerprint density at radius 2 is 1.76 bits per heavy atom. The lowest BCUT2D eigenvalue weighted by molar-refractivity contribution is -0.122. The highest BCUT2D eigenvalue weighted by Crippen LogP contribution is 2.37. The van der Waals surface area contributed by atoms with E-state index < -0.39 is 0 Å². The smallest absolute Gasteiger partial charge is 0.265 e. The zero-order valence-electron chi connectivity index (χ0n) is 18.9. The predicted octanol–water partition coefficient (Wildman–Crippen LogP) is 2.99. The van der Waals surface area contributed by atoms with Gasteiger partial charge in [-0.15, -0.1) is 10.2 Å². The number of benzene rings is 2. The molecule has 1 atom stereocenters. The number of anilines is 3. The Kier molecular flexibility index (Phi) is 6.82. The molecule has 1 aromatic heterocycles. The van der Waals surface area contributed by atoms with Crippen molar-refractivity contribution < 1.29 is 19.1 Å². The van der Waals surface area contributed by atoms with Crippen LogP contribution in [0.1, 0.15) is 25.7 Å². The largest absolute Gasteiger partial charge is 0.482 e. The Labute approximate surface area is 200 Å². The summed E-state index contributed by atoms with van der Waals surface area (Å²) in [5, 5.41) is 14.6. The first kappa shape index (κ1) is 23.3. The number of amides is 3. The van der Waals surface area contributed by atoms with Gasteiger partial charge in [-0.2, -0.15) is 0 Å². The van der Waals surface area contributed by atoms with Crippen molar-refractivity contribution in [2.75, 3.05) is 27.9 Å². The zero-order chi connectivity index (χ0) is 24.2. The molecule has 2 aromatic carbocycles. The fourth-order valence-electron chi connectivity index (χ4n) is 3.64. The van der Waals surface area contributed by atoms with E-state index in [1.807, 2.05) is 38.2 Å².